The van der Waals surface area contributed by atoms with Crippen molar-refractivity contribution in [3.05, 3.63) is 0 Å². The van der Waals surface area contributed by atoms with E-state index < -0.39 is 28.1 Å². The van der Waals surface area contributed by atoms with Gasteiger partial charge in [0.05, 0.1) is 24.1 Å². The van der Waals surface area contributed by atoms with E-state index in [1.807, 2.05) is 0 Å². The Bertz CT molecular complexity index is 896. The molecule has 5 N–H and O–H groups in total. The highest BCUT2D eigenvalue weighted by Crippen LogP contribution is 2.68. The molecule has 4 aliphatic carbocycles. The van der Waals surface area contributed by atoms with Crippen LogP contribution < -0.4 is 5.32 Å². The van der Waals surface area contributed by atoms with Crippen LogP contribution in [0.25, 0.3) is 0 Å². The van der Waals surface area contributed by atoms with Crippen molar-refractivity contribution in [2.45, 2.75) is 96.9 Å². The molecule has 0 aromatic carbocycles. The van der Waals surface area contributed by atoms with Crippen LogP contribution >= 0.6 is 0 Å². The molecule has 0 aromatic rings. The fraction of sp³-hybridized carbons (Fsp3) is 0.962. The third kappa shape index (κ3) is 5.05. The highest BCUT2D eigenvalue weighted by molar-refractivity contribution is 7.85. The summed E-state index contributed by atoms with van der Waals surface area (Å²) in [5, 5.41) is 35.8. The molecule has 8 nitrogen and oxygen atoms in total. The van der Waals surface area contributed by atoms with Crippen molar-refractivity contribution in [3.8, 4) is 0 Å². The standard InChI is InChI=1S/C26H45NO7S/c1-15(4-7-23(31)27-10-11-35(32,33)34)18-5-6-19-24-20(14-22(30)26(18,19)3)25(2)9-8-17(28)12-16(25)13-21(24)29/h15-22,24,28-30H,4-14H2,1-3H3,(H,27,31)(H,32,33,34)/t15-,16+,17-,18-,19+,20+,21-,22+,24?,25+,26-/m1/s1. The summed E-state index contributed by atoms with van der Waals surface area (Å²) >= 11 is 0. The van der Waals surface area contributed by atoms with Crippen LogP contribution in [0.4, 0.5) is 0 Å². The number of hydrogen-bond donors (Lipinski definition) is 5. The second kappa shape index (κ2) is 9.86. The normalized spacial score (nSPS) is 46.3. The molecule has 0 spiro atoms. The van der Waals surface area contributed by atoms with E-state index in [9.17, 15) is 28.5 Å². The van der Waals surface area contributed by atoms with Gasteiger partial charge in [-0.15, -0.1) is 0 Å². The van der Waals surface area contributed by atoms with Gasteiger partial charge in [0.25, 0.3) is 10.1 Å². The van der Waals surface area contributed by atoms with Crippen LogP contribution in [0, 0.1) is 46.3 Å². The van der Waals surface area contributed by atoms with Gasteiger partial charge in [-0.2, -0.15) is 8.42 Å². The van der Waals surface area contributed by atoms with Gasteiger partial charge in [0.2, 0.25) is 5.91 Å². The first-order chi connectivity index (χ1) is 16.3. The Morgan fingerprint density at radius 2 is 1.77 bits per heavy atom. The van der Waals surface area contributed by atoms with Gasteiger partial charge in [-0.1, -0.05) is 20.8 Å². The van der Waals surface area contributed by atoms with E-state index in [1.54, 1.807) is 0 Å². The van der Waals surface area contributed by atoms with Crippen molar-refractivity contribution in [2.75, 3.05) is 12.3 Å². The van der Waals surface area contributed by atoms with Crippen LogP contribution in [-0.4, -0.2) is 64.8 Å². The first-order valence-corrected chi connectivity index (χ1v) is 15.1. The molecule has 4 fully saturated rings. The summed E-state index contributed by atoms with van der Waals surface area (Å²) in [6.45, 7) is 6.56. The second-order valence-electron chi connectivity index (χ2n) is 12.7. The quantitative estimate of drug-likeness (QED) is 0.327. The Kier molecular flexibility index (Phi) is 7.69. The molecule has 1 unspecified atom stereocenters. The van der Waals surface area contributed by atoms with Gasteiger partial charge in [0.15, 0.2) is 0 Å². The minimum absolute atomic E-state index is 0.0509. The molecule has 0 heterocycles. The second-order valence-corrected chi connectivity index (χ2v) is 14.2. The fourth-order valence-electron chi connectivity index (χ4n) is 9.10. The molecule has 0 radical (unpaired) electrons. The zero-order chi connectivity index (χ0) is 25.8. The van der Waals surface area contributed by atoms with Crippen LogP contribution in [0.1, 0.15) is 78.6 Å². The van der Waals surface area contributed by atoms with Crippen LogP contribution in [0.3, 0.4) is 0 Å². The lowest BCUT2D eigenvalue weighted by atomic mass is 9.43. The maximum Gasteiger partial charge on any atom is 0.266 e. The van der Waals surface area contributed by atoms with Gasteiger partial charge < -0.3 is 20.6 Å². The molecule has 4 saturated carbocycles. The van der Waals surface area contributed by atoms with Crippen LogP contribution in [0.5, 0.6) is 0 Å². The summed E-state index contributed by atoms with van der Waals surface area (Å²) in [5.41, 5.74) is -0.254. The minimum atomic E-state index is -4.10. The third-order valence-electron chi connectivity index (χ3n) is 11.0. The Labute approximate surface area is 210 Å². The number of carbonyl (C=O) groups excluding carboxylic acids is 1. The predicted molar refractivity (Wildman–Crippen MR) is 132 cm³/mol. The first kappa shape index (κ1) is 27.3. The van der Waals surface area contributed by atoms with Crippen molar-refractivity contribution in [3.63, 3.8) is 0 Å². The van der Waals surface area contributed by atoms with Gasteiger partial charge in [0, 0.05) is 13.0 Å². The molecule has 0 aromatic heterocycles. The Balaban J connectivity index is 1.43. The lowest BCUT2D eigenvalue weighted by molar-refractivity contribution is -0.207. The molecule has 9 heteroatoms. The van der Waals surface area contributed by atoms with Crippen LogP contribution in [-0.2, 0) is 14.9 Å². The summed E-state index contributed by atoms with van der Waals surface area (Å²) < 4.78 is 30.5. The van der Waals surface area contributed by atoms with Gasteiger partial charge >= 0.3 is 0 Å². The van der Waals surface area contributed by atoms with Gasteiger partial charge in [-0.25, -0.2) is 0 Å². The number of amides is 1. The molecule has 0 bridgehead atoms. The topological polar surface area (TPSA) is 144 Å². The number of aliphatic hydroxyl groups excluding tert-OH is 3. The largest absolute Gasteiger partial charge is 0.393 e. The Morgan fingerprint density at radius 3 is 2.46 bits per heavy atom. The predicted octanol–water partition coefficient (Wildman–Crippen LogP) is 2.37. The fourth-order valence-corrected chi connectivity index (χ4v) is 9.46. The Hall–Kier alpha value is -0.740. The van der Waals surface area contributed by atoms with Gasteiger partial charge in [-0.05, 0) is 97.7 Å². The van der Waals surface area contributed by atoms with E-state index in [0.29, 0.717) is 18.8 Å². The van der Waals surface area contributed by atoms with Gasteiger partial charge in [0.1, 0.15) is 0 Å². The highest BCUT2D eigenvalue weighted by Gasteiger charge is 2.65. The Morgan fingerprint density at radius 1 is 1.06 bits per heavy atom. The number of hydrogen-bond acceptors (Lipinski definition) is 6. The molecule has 11 atom stereocenters. The summed E-state index contributed by atoms with van der Waals surface area (Å²) in [7, 11) is -4.10. The van der Waals surface area contributed by atoms with Crippen molar-refractivity contribution in [1.29, 1.82) is 0 Å². The summed E-state index contributed by atoms with van der Waals surface area (Å²) in [4.78, 5) is 12.2. The van der Waals surface area contributed by atoms with E-state index in [0.717, 1.165) is 38.5 Å². The van der Waals surface area contributed by atoms with E-state index in [4.69, 9.17) is 4.55 Å². The molecule has 202 valence electrons. The van der Waals surface area contributed by atoms with E-state index in [1.165, 1.54) is 0 Å². The molecular weight excluding hydrogens is 470 g/mol. The zero-order valence-corrected chi connectivity index (χ0v) is 22.2. The average Bonchev–Trinajstić information content (AvgIpc) is 3.12. The summed E-state index contributed by atoms with van der Waals surface area (Å²) in [6, 6.07) is 0. The number of rotatable bonds is 7. The number of fused-ring (bicyclic) bond motifs is 5. The molecule has 0 aliphatic heterocycles. The molecular formula is C26H45NO7S. The van der Waals surface area contributed by atoms with Crippen LogP contribution in [0.2, 0.25) is 0 Å². The third-order valence-corrected chi connectivity index (χ3v) is 11.7. The van der Waals surface area contributed by atoms with E-state index in [-0.39, 0.29) is 65.4 Å². The van der Waals surface area contributed by atoms with E-state index in [2.05, 4.69) is 26.1 Å². The van der Waals surface area contributed by atoms with Crippen molar-refractivity contribution < 1.29 is 33.1 Å². The highest BCUT2D eigenvalue weighted by atomic mass is 32.2. The summed E-state index contributed by atoms with van der Waals surface area (Å²) in [6.07, 6.45) is 5.67. The summed E-state index contributed by atoms with van der Waals surface area (Å²) in [5.74, 6) is 0.705. The van der Waals surface area contributed by atoms with Crippen LogP contribution in [0.15, 0.2) is 0 Å². The lowest BCUT2D eigenvalue weighted by Crippen LogP contribution is -2.62. The number of carbonyl (C=O) groups is 1. The van der Waals surface area contributed by atoms with Crippen molar-refractivity contribution >= 4 is 16.0 Å². The maximum absolute atomic E-state index is 12.2. The van der Waals surface area contributed by atoms with Gasteiger partial charge in [-0.3, -0.25) is 9.35 Å². The molecule has 1 amide bonds. The molecule has 0 saturated heterocycles. The van der Waals surface area contributed by atoms with E-state index >= 15 is 0 Å². The average molecular weight is 516 g/mol. The molecule has 4 aliphatic rings. The van der Waals surface area contributed by atoms with Crippen molar-refractivity contribution in [2.24, 2.45) is 46.3 Å². The SMILES string of the molecule is C[C@H](CCC(=O)NCCS(=O)(=O)O)[C@H]1CC[C@H]2C3[C@H](O)C[C@@H]4C[C@H](O)CC[C@]4(C)[C@H]3C[C@H](O)[C@]12C. The first-order valence-electron chi connectivity index (χ1n) is 13.5. The maximum atomic E-state index is 12.2. The molecule has 35 heavy (non-hydrogen) atoms. The molecule has 4 rings (SSSR count). The monoisotopic (exact) mass is 515 g/mol. The lowest BCUT2D eigenvalue weighted by Gasteiger charge is -2.63. The minimum Gasteiger partial charge on any atom is -0.393 e. The number of nitrogens with one attached hydrogen (secondary N) is 1. The zero-order valence-electron chi connectivity index (χ0n) is 21.4. The smallest absolute Gasteiger partial charge is 0.266 e. The number of aliphatic hydroxyl groups is 3. The van der Waals surface area contributed by atoms with Crippen molar-refractivity contribution in [1.82, 2.24) is 5.32 Å².